The molecule has 1 saturated carbocycles. The van der Waals surface area contributed by atoms with Crippen LogP contribution in [0.3, 0.4) is 0 Å². The van der Waals surface area contributed by atoms with E-state index >= 15 is 0 Å². The number of nitrogens with zero attached hydrogens (tertiary/aromatic N) is 1. The lowest BCUT2D eigenvalue weighted by molar-refractivity contribution is -0.314. The van der Waals surface area contributed by atoms with E-state index in [-0.39, 0.29) is 90.7 Å². The molecule has 12 nitrogen and oxygen atoms in total. The standard InChI is InChI=1S/C44H65NO11/c1-23-17-30-32(31-19-28(18-29(23)31)54-44-43(50-9)42(49-8)41(48-7)26(4)53-44)20-34-33(30)21-38(46)55-37(27-15-16-51-22-27)12-10-11-36(24(2)40(34)47)56-39-14-13-35(45(5)6)25(3)52-39/h15-17,20,22,24-26,28-33,35-37,39,41-44H,10-14,18-19,21H2,1-9H3. The molecule has 17 atom stereocenters. The fourth-order valence-electron chi connectivity index (χ4n) is 11.1. The Hall–Kier alpha value is -2.42. The Kier molecular flexibility index (Phi) is 13.3. The molecule has 312 valence electrons. The summed E-state index contributed by atoms with van der Waals surface area (Å²) in [6.07, 6.45) is 10.1. The predicted molar refractivity (Wildman–Crippen MR) is 206 cm³/mol. The van der Waals surface area contributed by atoms with Crippen molar-refractivity contribution in [2.45, 2.75) is 147 Å². The molecule has 0 amide bonds. The number of Topliss-reactive ketones (excluding diaryl/α,β-unsaturated/α-hetero) is 1. The highest BCUT2D eigenvalue weighted by atomic mass is 16.7. The van der Waals surface area contributed by atoms with Crippen molar-refractivity contribution in [3.05, 3.63) is 47.5 Å². The van der Waals surface area contributed by atoms with Crippen LogP contribution in [0.4, 0.5) is 0 Å². The summed E-state index contributed by atoms with van der Waals surface area (Å²) in [7, 11) is 9.14. The zero-order valence-electron chi connectivity index (χ0n) is 34.8. The van der Waals surface area contributed by atoms with E-state index in [9.17, 15) is 9.59 Å². The van der Waals surface area contributed by atoms with Crippen LogP contribution >= 0.6 is 0 Å². The molecule has 0 bridgehead atoms. The fourth-order valence-corrected chi connectivity index (χ4v) is 11.1. The van der Waals surface area contributed by atoms with Crippen LogP contribution in [-0.4, -0.2) is 113 Å². The first-order valence-electron chi connectivity index (χ1n) is 20.9. The van der Waals surface area contributed by atoms with Gasteiger partial charge in [-0.3, -0.25) is 9.59 Å². The molecule has 3 aliphatic heterocycles. The Morgan fingerprint density at radius 1 is 0.804 bits per heavy atom. The zero-order valence-corrected chi connectivity index (χ0v) is 34.8. The second-order valence-electron chi connectivity index (χ2n) is 17.5. The van der Waals surface area contributed by atoms with Crippen molar-refractivity contribution in [2.75, 3.05) is 35.4 Å². The molecular formula is C44H65NO11. The molecule has 0 radical (unpaired) electrons. The summed E-state index contributed by atoms with van der Waals surface area (Å²) in [6.45, 7) is 8.27. The Bertz CT molecular complexity index is 1560. The first-order chi connectivity index (χ1) is 26.9. The molecule has 3 saturated heterocycles. The SMILES string of the molecule is COC1C(C)OC(OC2CC3C(C)=CC4C5CC(=O)OC(c6ccoc6)CCCC(OC6CCC(N(C)C)C(C)O6)C(C)C(=O)C5=CC4C3C2)C(OC)C1OC. The van der Waals surface area contributed by atoms with Gasteiger partial charge in [-0.15, -0.1) is 0 Å². The van der Waals surface area contributed by atoms with Crippen molar-refractivity contribution in [3.8, 4) is 0 Å². The van der Waals surface area contributed by atoms with Gasteiger partial charge in [0.15, 0.2) is 18.4 Å². The third kappa shape index (κ3) is 8.37. The lowest BCUT2D eigenvalue weighted by atomic mass is 9.67. The lowest BCUT2D eigenvalue weighted by Crippen LogP contribution is -2.59. The molecule has 7 rings (SSSR count). The Morgan fingerprint density at radius 3 is 2.25 bits per heavy atom. The first-order valence-corrected chi connectivity index (χ1v) is 20.9. The number of methoxy groups -OCH3 is 3. The van der Waals surface area contributed by atoms with Crippen LogP contribution in [0.5, 0.6) is 0 Å². The number of cyclic esters (lactones) is 1. The number of hydrogen-bond acceptors (Lipinski definition) is 12. The molecule has 12 heteroatoms. The first kappa shape index (κ1) is 41.7. The maximum absolute atomic E-state index is 14.9. The number of ether oxygens (including phenoxy) is 8. The van der Waals surface area contributed by atoms with Gasteiger partial charge in [-0.2, -0.15) is 0 Å². The molecule has 0 N–H and O–H groups in total. The van der Waals surface area contributed by atoms with Gasteiger partial charge >= 0.3 is 5.97 Å². The number of carbonyl (C=O) groups excluding carboxylic acids is 2. The topological polar surface area (TPSA) is 124 Å². The van der Waals surface area contributed by atoms with Crippen LogP contribution in [0.15, 0.2) is 46.3 Å². The monoisotopic (exact) mass is 783 g/mol. The highest BCUT2D eigenvalue weighted by Gasteiger charge is 2.54. The quantitative estimate of drug-likeness (QED) is 0.203. The Morgan fingerprint density at radius 2 is 1.57 bits per heavy atom. The lowest BCUT2D eigenvalue weighted by Gasteiger charge is -2.44. The van der Waals surface area contributed by atoms with Crippen LogP contribution in [0.2, 0.25) is 0 Å². The number of allylic oxidation sites excluding steroid dienone is 4. The van der Waals surface area contributed by atoms with Crippen LogP contribution in [0.1, 0.15) is 90.7 Å². The van der Waals surface area contributed by atoms with Gasteiger partial charge in [0, 0.05) is 44.8 Å². The normalized spacial score (nSPS) is 43.5. The van der Waals surface area contributed by atoms with E-state index in [4.69, 9.17) is 42.3 Å². The number of likely N-dealkylation sites (N-methyl/N-ethyl adjacent to an activating group) is 1. The number of esters is 1. The van der Waals surface area contributed by atoms with Gasteiger partial charge in [0.25, 0.3) is 0 Å². The van der Waals surface area contributed by atoms with Gasteiger partial charge in [-0.25, -0.2) is 0 Å². The van der Waals surface area contributed by atoms with Gasteiger partial charge in [0.05, 0.1) is 43.4 Å². The summed E-state index contributed by atoms with van der Waals surface area (Å²) in [5.74, 6) is -0.361. The molecule has 4 heterocycles. The van der Waals surface area contributed by atoms with E-state index < -0.39 is 24.4 Å². The van der Waals surface area contributed by atoms with Gasteiger partial charge in [0.2, 0.25) is 0 Å². The average molecular weight is 784 g/mol. The highest BCUT2D eigenvalue weighted by molar-refractivity contribution is 5.99. The van der Waals surface area contributed by atoms with Crippen molar-refractivity contribution >= 4 is 11.8 Å². The summed E-state index contributed by atoms with van der Waals surface area (Å²) in [6, 6.07) is 2.18. The largest absolute Gasteiger partial charge is 0.472 e. The zero-order chi connectivity index (χ0) is 39.8. The molecule has 3 aliphatic carbocycles. The summed E-state index contributed by atoms with van der Waals surface area (Å²) in [5, 5.41) is 0. The second-order valence-corrected chi connectivity index (χ2v) is 17.5. The fraction of sp³-hybridized carbons (Fsp3) is 0.773. The van der Waals surface area contributed by atoms with Gasteiger partial charge in [-0.05, 0) is 115 Å². The maximum Gasteiger partial charge on any atom is 0.307 e. The van der Waals surface area contributed by atoms with Crippen LogP contribution in [-0.2, 0) is 47.5 Å². The van der Waals surface area contributed by atoms with E-state index in [2.05, 4.69) is 45.0 Å². The van der Waals surface area contributed by atoms with Crippen molar-refractivity contribution < 1.29 is 51.9 Å². The molecule has 0 aromatic carbocycles. The molecule has 1 aromatic heterocycles. The van der Waals surface area contributed by atoms with Crippen molar-refractivity contribution in [1.29, 1.82) is 0 Å². The Balaban J connectivity index is 1.14. The third-order valence-electron chi connectivity index (χ3n) is 14.0. The van der Waals surface area contributed by atoms with E-state index in [0.717, 1.165) is 36.8 Å². The number of fused-ring (bicyclic) bond motifs is 5. The summed E-state index contributed by atoms with van der Waals surface area (Å²) < 4.78 is 55.4. The molecule has 56 heavy (non-hydrogen) atoms. The number of rotatable bonds is 9. The second kappa shape index (κ2) is 17.8. The number of carbonyl (C=O) groups is 2. The minimum absolute atomic E-state index is 0.00751. The highest BCUT2D eigenvalue weighted by Crippen LogP contribution is 2.56. The molecule has 17 unspecified atom stereocenters. The van der Waals surface area contributed by atoms with E-state index in [1.807, 2.05) is 19.9 Å². The van der Waals surface area contributed by atoms with E-state index in [1.165, 1.54) is 5.57 Å². The Labute approximate surface area is 332 Å². The average Bonchev–Trinajstić information content (AvgIpc) is 3.93. The summed E-state index contributed by atoms with van der Waals surface area (Å²) in [4.78, 5) is 30.9. The van der Waals surface area contributed by atoms with Crippen LogP contribution in [0.25, 0.3) is 0 Å². The van der Waals surface area contributed by atoms with Crippen molar-refractivity contribution in [1.82, 2.24) is 4.90 Å². The van der Waals surface area contributed by atoms with E-state index in [1.54, 1.807) is 33.9 Å². The summed E-state index contributed by atoms with van der Waals surface area (Å²) >= 11 is 0. The third-order valence-corrected chi connectivity index (χ3v) is 14.0. The molecular weight excluding hydrogens is 718 g/mol. The number of hydrogen-bond donors (Lipinski definition) is 0. The number of furan rings is 1. The molecule has 4 fully saturated rings. The van der Waals surface area contributed by atoms with Crippen molar-refractivity contribution in [3.63, 3.8) is 0 Å². The van der Waals surface area contributed by atoms with Gasteiger partial charge < -0.3 is 47.2 Å². The minimum atomic E-state index is -0.615. The molecule has 6 aliphatic rings. The van der Waals surface area contributed by atoms with Crippen LogP contribution < -0.4 is 0 Å². The summed E-state index contributed by atoms with van der Waals surface area (Å²) in [5.41, 5.74) is 2.85. The minimum Gasteiger partial charge on any atom is -0.472 e. The molecule has 0 spiro atoms. The van der Waals surface area contributed by atoms with Crippen LogP contribution in [0, 0.1) is 35.5 Å². The number of ketones is 1. The smallest absolute Gasteiger partial charge is 0.307 e. The maximum atomic E-state index is 14.9. The van der Waals surface area contributed by atoms with E-state index in [0.29, 0.717) is 25.3 Å². The predicted octanol–water partition coefficient (Wildman–Crippen LogP) is 6.43. The molecule has 1 aromatic rings. The van der Waals surface area contributed by atoms with Crippen molar-refractivity contribution in [2.24, 2.45) is 35.5 Å². The van der Waals surface area contributed by atoms with Gasteiger partial charge in [-0.1, -0.05) is 24.6 Å². The van der Waals surface area contributed by atoms with Gasteiger partial charge in [0.1, 0.15) is 24.4 Å².